The quantitative estimate of drug-likeness (QED) is 0.360. The van der Waals surface area contributed by atoms with Crippen molar-refractivity contribution in [1.82, 2.24) is 4.90 Å². The maximum absolute atomic E-state index is 12.4. The Labute approximate surface area is 178 Å². The largest absolute Gasteiger partial charge is 0.497 e. The maximum Gasteiger partial charge on any atom is 0.332 e. The second kappa shape index (κ2) is 10.9. The first-order valence-electron chi connectivity index (χ1n) is 10.0. The van der Waals surface area contributed by atoms with E-state index in [2.05, 4.69) is 29.2 Å². The standard InChI is InChI=1S/C26H27NO3/c1-3-30-26(28)18-25(23-14-16-24(29-2)17-15-23)27(19-21-10-6-4-7-11-21)20-22-12-8-5-9-13-22/h4-18H,3,19-20H2,1-2H3/b25-18+. The van der Waals surface area contributed by atoms with Crippen LogP contribution in [0.15, 0.2) is 91.0 Å². The van der Waals surface area contributed by atoms with Crippen molar-refractivity contribution in [2.24, 2.45) is 0 Å². The van der Waals surface area contributed by atoms with Crippen molar-refractivity contribution in [2.45, 2.75) is 20.0 Å². The van der Waals surface area contributed by atoms with Crippen LogP contribution in [0, 0.1) is 0 Å². The number of esters is 1. The lowest BCUT2D eigenvalue weighted by atomic mass is 10.1. The molecule has 0 amide bonds. The van der Waals surface area contributed by atoms with Gasteiger partial charge in [-0.1, -0.05) is 60.7 Å². The van der Waals surface area contributed by atoms with Gasteiger partial charge in [-0.15, -0.1) is 0 Å². The number of methoxy groups -OCH3 is 1. The van der Waals surface area contributed by atoms with Crippen LogP contribution in [0.3, 0.4) is 0 Å². The van der Waals surface area contributed by atoms with Gasteiger partial charge in [0, 0.05) is 19.2 Å². The molecule has 0 heterocycles. The third-order valence-corrected chi connectivity index (χ3v) is 4.70. The van der Waals surface area contributed by atoms with Gasteiger partial charge < -0.3 is 14.4 Å². The van der Waals surface area contributed by atoms with E-state index in [4.69, 9.17) is 9.47 Å². The first kappa shape index (κ1) is 21.2. The number of carbonyl (C=O) groups is 1. The van der Waals surface area contributed by atoms with Crippen LogP contribution in [0.1, 0.15) is 23.6 Å². The highest BCUT2D eigenvalue weighted by Gasteiger charge is 2.16. The Morgan fingerprint density at radius 3 is 1.83 bits per heavy atom. The Kier molecular flexibility index (Phi) is 7.67. The van der Waals surface area contributed by atoms with E-state index in [1.807, 2.05) is 67.6 Å². The summed E-state index contributed by atoms with van der Waals surface area (Å²) in [5.74, 6) is 0.418. The summed E-state index contributed by atoms with van der Waals surface area (Å²) in [6.45, 7) is 3.47. The Morgan fingerprint density at radius 2 is 1.37 bits per heavy atom. The van der Waals surface area contributed by atoms with Crippen LogP contribution in [0.2, 0.25) is 0 Å². The van der Waals surface area contributed by atoms with E-state index in [0.29, 0.717) is 19.7 Å². The first-order chi connectivity index (χ1) is 14.7. The van der Waals surface area contributed by atoms with E-state index in [1.54, 1.807) is 13.2 Å². The Balaban J connectivity index is 2.02. The van der Waals surface area contributed by atoms with E-state index in [0.717, 1.165) is 28.1 Å². The molecule has 0 N–H and O–H groups in total. The van der Waals surface area contributed by atoms with Crippen molar-refractivity contribution < 1.29 is 14.3 Å². The van der Waals surface area contributed by atoms with Crippen molar-refractivity contribution in [3.8, 4) is 5.75 Å². The van der Waals surface area contributed by atoms with Crippen molar-refractivity contribution >= 4 is 11.7 Å². The van der Waals surface area contributed by atoms with Crippen molar-refractivity contribution in [2.75, 3.05) is 13.7 Å². The molecule has 0 atom stereocenters. The van der Waals surface area contributed by atoms with Crippen molar-refractivity contribution in [1.29, 1.82) is 0 Å². The van der Waals surface area contributed by atoms with Gasteiger partial charge in [0.15, 0.2) is 0 Å². The van der Waals surface area contributed by atoms with Crippen LogP contribution in [-0.4, -0.2) is 24.6 Å². The van der Waals surface area contributed by atoms with E-state index < -0.39 is 0 Å². The smallest absolute Gasteiger partial charge is 0.332 e. The molecular weight excluding hydrogens is 374 g/mol. The fourth-order valence-corrected chi connectivity index (χ4v) is 3.25. The summed E-state index contributed by atoms with van der Waals surface area (Å²) in [6.07, 6.45) is 1.58. The summed E-state index contributed by atoms with van der Waals surface area (Å²) in [6, 6.07) is 28.2. The Hall–Kier alpha value is -3.53. The zero-order valence-corrected chi connectivity index (χ0v) is 17.5. The molecule has 4 heteroatoms. The number of ether oxygens (including phenoxy) is 2. The number of hydrogen-bond donors (Lipinski definition) is 0. The Morgan fingerprint density at radius 1 is 0.833 bits per heavy atom. The predicted octanol–water partition coefficient (Wildman–Crippen LogP) is 5.30. The molecule has 0 aromatic heterocycles. The van der Waals surface area contributed by atoms with Gasteiger partial charge in [-0.3, -0.25) is 0 Å². The molecule has 0 radical (unpaired) electrons. The molecule has 0 bridgehead atoms. The average molecular weight is 402 g/mol. The molecule has 0 aliphatic rings. The lowest BCUT2D eigenvalue weighted by molar-refractivity contribution is -0.137. The third-order valence-electron chi connectivity index (χ3n) is 4.70. The van der Waals surface area contributed by atoms with Crippen LogP contribution in [-0.2, 0) is 22.6 Å². The summed E-state index contributed by atoms with van der Waals surface area (Å²) < 4.78 is 10.5. The lowest BCUT2D eigenvalue weighted by Crippen LogP contribution is -2.22. The molecule has 30 heavy (non-hydrogen) atoms. The highest BCUT2D eigenvalue weighted by molar-refractivity contribution is 5.91. The average Bonchev–Trinajstić information content (AvgIpc) is 2.79. The van der Waals surface area contributed by atoms with E-state index in [9.17, 15) is 4.79 Å². The van der Waals surface area contributed by atoms with Crippen LogP contribution >= 0.6 is 0 Å². The number of benzene rings is 3. The van der Waals surface area contributed by atoms with Gasteiger partial charge >= 0.3 is 5.97 Å². The molecule has 0 unspecified atom stereocenters. The molecular formula is C26H27NO3. The summed E-state index contributed by atoms with van der Waals surface area (Å²) in [5.41, 5.74) is 4.06. The molecule has 0 aliphatic heterocycles. The topological polar surface area (TPSA) is 38.8 Å². The van der Waals surface area contributed by atoms with Gasteiger partial charge in [-0.05, 0) is 47.9 Å². The molecule has 0 fully saturated rings. The van der Waals surface area contributed by atoms with Crippen LogP contribution in [0.4, 0.5) is 0 Å². The van der Waals surface area contributed by atoms with Gasteiger partial charge in [0.1, 0.15) is 5.75 Å². The SMILES string of the molecule is CCOC(=O)/C=C(\c1ccc(OC)cc1)N(Cc1ccccc1)Cc1ccccc1. The van der Waals surface area contributed by atoms with Crippen LogP contribution in [0.25, 0.3) is 5.70 Å². The van der Waals surface area contributed by atoms with Gasteiger partial charge in [-0.25, -0.2) is 4.79 Å². The molecule has 3 aromatic rings. The molecule has 0 saturated carbocycles. The number of hydrogen-bond acceptors (Lipinski definition) is 4. The zero-order valence-electron chi connectivity index (χ0n) is 17.5. The van der Waals surface area contributed by atoms with Gasteiger partial charge in [-0.2, -0.15) is 0 Å². The molecule has 0 saturated heterocycles. The fourth-order valence-electron chi connectivity index (χ4n) is 3.25. The summed E-state index contributed by atoms with van der Waals surface area (Å²) in [4.78, 5) is 14.6. The third kappa shape index (κ3) is 5.98. The molecule has 0 spiro atoms. The minimum absolute atomic E-state index is 0.336. The lowest BCUT2D eigenvalue weighted by Gasteiger charge is -2.28. The molecule has 4 nitrogen and oxygen atoms in total. The summed E-state index contributed by atoms with van der Waals surface area (Å²) in [7, 11) is 1.64. The number of rotatable bonds is 9. The molecule has 3 aromatic carbocycles. The molecule has 3 rings (SSSR count). The van der Waals surface area contributed by atoms with E-state index in [-0.39, 0.29) is 5.97 Å². The van der Waals surface area contributed by atoms with Crippen LogP contribution < -0.4 is 4.74 Å². The minimum Gasteiger partial charge on any atom is -0.497 e. The van der Waals surface area contributed by atoms with Gasteiger partial charge in [0.2, 0.25) is 0 Å². The number of carbonyl (C=O) groups excluding carboxylic acids is 1. The summed E-state index contributed by atoms with van der Waals surface area (Å²) in [5, 5.41) is 0. The van der Waals surface area contributed by atoms with Crippen molar-refractivity contribution in [3.63, 3.8) is 0 Å². The van der Waals surface area contributed by atoms with E-state index in [1.165, 1.54) is 0 Å². The monoisotopic (exact) mass is 401 g/mol. The fraction of sp³-hybridized carbons (Fsp3) is 0.192. The zero-order chi connectivity index (χ0) is 21.2. The second-order valence-corrected chi connectivity index (χ2v) is 6.84. The van der Waals surface area contributed by atoms with Gasteiger partial charge in [0.05, 0.1) is 19.4 Å². The maximum atomic E-state index is 12.4. The van der Waals surface area contributed by atoms with Crippen molar-refractivity contribution in [3.05, 3.63) is 108 Å². The molecule has 0 aliphatic carbocycles. The highest BCUT2D eigenvalue weighted by Crippen LogP contribution is 2.26. The second-order valence-electron chi connectivity index (χ2n) is 6.84. The first-order valence-corrected chi connectivity index (χ1v) is 10.0. The highest BCUT2D eigenvalue weighted by atomic mass is 16.5. The minimum atomic E-state index is -0.352. The van der Waals surface area contributed by atoms with Gasteiger partial charge in [0.25, 0.3) is 0 Å². The van der Waals surface area contributed by atoms with Crippen LogP contribution in [0.5, 0.6) is 5.75 Å². The normalized spacial score (nSPS) is 11.1. The molecule has 154 valence electrons. The van der Waals surface area contributed by atoms with E-state index >= 15 is 0 Å². The predicted molar refractivity (Wildman–Crippen MR) is 120 cm³/mol. The summed E-state index contributed by atoms with van der Waals surface area (Å²) >= 11 is 0. The Bertz CT molecular complexity index is 909. The number of nitrogens with zero attached hydrogens (tertiary/aromatic N) is 1.